The summed E-state index contributed by atoms with van der Waals surface area (Å²) < 4.78 is 4.98. The molecule has 0 aliphatic rings. The van der Waals surface area contributed by atoms with E-state index < -0.39 is 0 Å². The second-order valence-corrected chi connectivity index (χ2v) is 3.58. The van der Waals surface area contributed by atoms with Crippen LogP contribution in [-0.2, 0) is 0 Å². The van der Waals surface area contributed by atoms with Crippen LogP contribution in [0, 0.1) is 0 Å². The van der Waals surface area contributed by atoms with Crippen molar-refractivity contribution in [1.82, 2.24) is 5.32 Å². The molecule has 0 saturated carbocycles. The fourth-order valence-electron chi connectivity index (χ4n) is 1.23. The third-order valence-corrected chi connectivity index (χ3v) is 2.36. The van der Waals surface area contributed by atoms with E-state index in [0.29, 0.717) is 22.9 Å². The number of Topliss-reactive ketones (excluding diaryl/α,β-unsaturated/α-hetero) is 1. The lowest BCUT2D eigenvalue weighted by Crippen LogP contribution is -2.25. The van der Waals surface area contributed by atoms with Crippen LogP contribution in [-0.4, -0.2) is 37.7 Å². The van der Waals surface area contributed by atoms with Crippen molar-refractivity contribution >= 4 is 17.4 Å². The molecule has 0 heterocycles. The number of nitrogens with one attached hydrogen (secondary N) is 1. The van der Waals surface area contributed by atoms with Gasteiger partial charge in [-0.2, -0.15) is 0 Å². The first-order valence-electron chi connectivity index (χ1n) is 4.87. The Labute approximate surface area is 99.2 Å². The minimum Gasteiger partial charge on any atom is -0.497 e. The summed E-state index contributed by atoms with van der Waals surface area (Å²) in [6.45, 7) is 0.551. The standard InChI is InChI=1S/C11H14ClNO3/c1-16-8-2-3-9(10(12)6-8)11(15)7-13-4-5-14/h2-3,6,13-14H,4-5,7H2,1H3. The Balaban J connectivity index is 2.68. The minimum absolute atomic E-state index is 0.00360. The first-order valence-corrected chi connectivity index (χ1v) is 5.25. The van der Waals surface area contributed by atoms with E-state index in [0.717, 1.165) is 0 Å². The first kappa shape index (κ1) is 13.0. The number of ether oxygens (including phenoxy) is 1. The number of ketones is 1. The zero-order chi connectivity index (χ0) is 12.0. The van der Waals surface area contributed by atoms with E-state index in [2.05, 4.69) is 5.32 Å². The molecule has 0 radical (unpaired) electrons. The molecular formula is C11H14ClNO3. The summed E-state index contributed by atoms with van der Waals surface area (Å²) in [6.07, 6.45) is 0. The van der Waals surface area contributed by atoms with E-state index >= 15 is 0 Å². The molecule has 1 rings (SSSR count). The van der Waals surface area contributed by atoms with Crippen molar-refractivity contribution in [3.05, 3.63) is 28.8 Å². The molecule has 1 aromatic carbocycles. The van der Waals surface area contributed by atoms with Crippen molar-refractivity contribution in [3.63, 3.8) is 0 Å². The van der Waals surface area contributed by atoms with Crippen molar-refractivity contribution < 1.29 is 14.6 Å². The van der Waals surface area contributed by atoms with Crippen LogP contribution in [0.25, 0.3) is 0 Å². The summed E-state index contributed by atoms with van der Waals surface area (Å²) in [5, 5.41) is 11.7. The minimum atomic E-state index is -0.110. The molecule has 0 aromatic heterocycles. The lowest BCUT2D eigenvalue weighted by atomic mass is 10.1. The van der Waals surface area contributed by atoms with Gasteiger partial charge < -0.3 is 15.2 Å². The molecule has 0 bridgehead atoms. The van der Waals surface area contributed by atoms with E-state index in [9.17, 15) is 4.79 Å². The maximum atomic E-state index is 11.7. The number of hydrogen-bond acceptors (Lipinski definition) is 4. The Morgan fingerprint density at radius 1 is 1.56 bits per heavy atom. The maximum absolute atomic E-state index is 11.7. The third kappa shape index (κ3) is 3.48. The zero-order valence-corrected chi connectivity index (χ0v) is 9.75. The highest BCUT2D eigenvalue weighted by Gasteiger charge is 2.10. The summed E-state index contributed by atoms with van der Waals surface area (Å²) in [4.78, 5) is 11.7. The number of carbonyl (C=O) groups excluding carboxylic acids is 1. The molecule has 2 N–H and O–H groups in total. The Kier molecular flexibility index (Phi) is 5.25. The predicted octanol–water partition coefficient (Wildman–Crippen LogP) is 1.11. The van der Waals surface area contributed by atoms with Crippen LogP contribution in [0.15, 0.2) is 18.2 Å². The zero-order valence-electron chi connectivity index (χ0n) is 9.00. The number of benzene rings is 1. The molecule has 0 amide bonds. The average molecular weight is 244 g/mol. The number of aliphatic hydroxyl groups excluding tert-OH is 1. The number of rotatable bonds is 6. The van der Waals surface area contributed by atoms with E-state index in [1.165, 1.54) is 7.11 Å². The molecule has 88 valence electrons. The number of halogens is 1. The van der Waals surface area contributed by atoms with E-state index in [1.54, 1.807) is 18.2 Å². The number of hydrogen-bond donors (Lipinski definition) is 2. The highest BCUT2D eigenvalue weighted by molar-refractivity contribution is 6.34. The summed E-state index contributed by atoms with van der Waals surface area (Å²) in [5.41, 5.74) is 0.452. The van der Waals surface area contributed by atoms with Gasteiger partial charge in [0.15, 0.2) is 5.78 Å². The fourth-order valence-corrected chi connectivity index (χ4v) is 1.50. The third-order valence-electron chi connectivity index (χ3n) is 2.05. The van der Waals surface area contributed by atoms with Crippen molar-refractivity contribution in [3.8, 4) is 5.75 Å². The van der Waals surface area contributed by atoms with Gasteiger partial charge in [-0.25, -0.2) is 0 Å². The molecule has 16 heavy (non-hydrogen) atoms. The molecular weight excluding hydrogens is 230 g/mol. The van der Waals surface area contributed by atoms with Crippen molar-refractivity contribution in [2.24, 2.45) is 0 Å². The molecule has 0 atom stereocenters. The van der Waals surface area contributed by atoms with Crippen LogP contribution in [0.1, 0.15) is 10.4 Å². The Hall–Kier alpha value is -1.10. The highest BCUT2D eigenvalue weighted by atomic mass is 35.5. The van der Waals surface area contributed by atoms with Crippen LogP contribution in [0.5, 0.6) is 5.75 Å². The Bertz CT molecular complexity index is 368. The second kappa shape index (κ2) is 6.48. The topological polar surface area (TPSA) is 58.6 Å². The Morgan fingerprint density at radius 2 is 2.31 bits per heavy atom. The van der Waals surface area contributed by atoms with Crippen molar-refractivity contribution in [2.45, 2.75) is 0 Å². The molecule has 0 fully saturated rings. The molecule has 5 heteroatoms. The van der Waals surface area contributed by atoms with Crippen LogP contribution in [0.4, 0.5) is 0 Å². The lowest BCUT2D eigenvalue weighted by molar-refractivity contribution is 0.0990. The molecule has 0 unspecified atom stereocenters. The van der Waals surface area contributed by atoms with Gasteiger partial charge in [-0.1, -0.05) is 11.6 Å². The van der Waals surface area contributed by atoms with Crippen molar-refractivity contribution in [1.29, 1.82) is 0 Å². The molecule has 0 aliphatic heterocycles. The van der Waals surface area contributed by atoms with Gasteiger partial charge in [0.2, 0.25) is 0 Å². The summed E-state index contributed by atoms with van der Waals surface area (Å²) >= 11 is 5.94. The Morgan fingerprint density at radius 3 is 2.88 bits per heavy atom. The number of methoxy groups -OCH3 is 1. The summed E-state index contributed by atoms with van der Waals surface area (Å²) in [7, 11) is 1.54. The van der Waals surface area contributed by atoms with Crippen LogP contribution < -0.4 is 10.1 Å². The first-order chi connectivity index (χ1) is 7.69. The SMILES string of the molecule is COc1ccc(C(=O)CNCCO)c(Cl)c1. The molecule has 0 saturated heterocycles. The molecule has 1 aromatic rings. The highest BCUT2D eigenvalue weighted by Crippen LogP contribution is 2.22. The van der Waals surface area contributed by atoms with Crippen LogP contribution in [0.3, 0.4) is 0 Å². The quantitative estimate of drug-likeness (QED) is 0.581. The van der Waals surface area contributed by atoms with Crippen LogP contribution in [0.2, 0.25) is 5.02 Å². The van der Waals surface area contributed by atoms with Gasteiger partial charge in [-0.05, 0) is 18.2 Å². The summed E-state index contributed by atoms with van der Waals surface area (Å²) in [5.74, 6) is 0.506. The van der Waals surface area contributed by atoms with Gasteiger partial charge in [0.05, 0.1) is 25.3 Å². The van der Waals surface area contributed by atoms with Gasteiger partial charge in [0, 0.05) is 12.1 Å². The van der Waals surface area contributed by atoms with Gasteiger partial charge in [0.1, 0.15) is 5.75 Å². The second-order valence-electron chi connectivity index (χ2n) is 3.17. The maximum Gasteiger partial charge on any atom is 0.178 e. The summed E-state index contributed by atoms with van der Waals surface area (Å²) in [6, 6.07) is 4.91. The van der Waals surface area contributed by atoms with E-state index in [1.807, 2.05) is 0 Å². The lowest BCUT2D eigenvalue weighted by Gasteiger charge is -2.06. The molecule has 0 aliphatic carbocycles. The average Bonchev–Trinajstić information content (AvgIpc) is 2.29. The van der Waals surface area contributed by atoms with Gasteiger partial charge in [0.25, 0.3) is 0 Å². The normalized spacial score (nSPS) is 10.2. The van der Waals surface area contributed by atoms with Gasteiger partial charge >= 0.3 is 0 Å². The van der Waals surface area contributed by atoms with Gasteiger partial charge in [-0.15, -0.1) is 0 Å². The number of aliphatic hydroxyl groups is 1. The van der Waals surface area contributed by atoms with Crippen molar-refractivity contribution in [2.75, 3.05) is 26.8 Å². The number of carbonyl (C=O) groups is 1. The smallest absolute Gasteiger partial charge is 0.178 e. The monoisotopic (exact) mass is 243 g/mol. The molecule has 0 spiro atoms. The van der Waals surface area contributed by atoms with E-state index in [-0.39, 0.29) is 18.9 Å². The molecule has 4 nitrogen and oxygen atoms in total. The predicted molar refractivity (Wildman–Crippen MR) is 62.3 cm³/mol. The fraction of sp³-hybridized carbons (Fsp3) is 0.364. The largest absolute Gasteiger partial charge is 0.497 e. The van der Waals surface area contributed by atoms with Crippen LogP contribution >= 0.6 is 11.6 Å². The van der Waals surface area contributed by atoms with Gasteiger partial charge in [-0.3, -0.25) is 4.79 Å². The van der Waals surface area contributed by atoms with E-state index in [4.69, 9.17) is 21.4 Å².